The highest BCUT2D eigenvalue weighted by molar-refractivity contribution is 6.06. The maximum Gasteiger partial charge on any atom is 0.335 e. The predicted molar refractivity (Wildman–Crippen MR) is 92.2 cm³/mol. The Balaban J connectivity index is 2.34. The number of carbonyl (C=O) groups excluding carboxylic acids is 1. The largest absolute Gasteiger partial charge is 0.495 e. The van der Waals surface area contributed by atoms with E-state index in [4.69, 9.17) is 9.84 Å². The number of nitrogens with one attached hydrogen (secondary N) is 1. The Morgan fingerprint density at radius 3 is 2.38 bits per heavy atom. The zero-order valence-electron chi connectivity index (χ0n) is 14.5. The Hall–Kier alpha value is -2.76. The maximum absolute atomic E-state index is 12.6. The molecule has 0 fully saturated rings. The fourth-order valence-electron chi connectivity index (χ4n) is 2.92. The summed E-state index contributed by atoms with van der Waals surface area (Å²) in [6.45, 7) is 8.00. The minimum Gasteiger partial charge on any atom is -0.495 e. The van der Waals surface area contributed by atoms with Crippen LogP contribution in [0.4, 0.5) is 5.69 Å². The molecule has 128 valence electrons. The Kier molecular flexibility index (Phi) is 4.97. The third-order valence-electron chi connectivity index (χ3n) is 3.94. The van der Waals surface area contributed by atoms with Crippen molar-refractivity contribution in [3.05, 3.63) is 46.8 Å². The number of aromatic carboxylic acids is 1. The van der Waals surface area contributed by atoms with E-state index in [1.54, 1.807) is 0 Å². The summed E-state index contributed by atoms with van der Waals surface area (Å²) in [6, 6.07) is 6.45. The van der Waals surface area contributed by atoms with Gasteiger partial charge in [0.2, 0.25) is 0 Å². The van der Waals surface area contributed by atoms with Gasteiger partial charge in [-0.25, -0.2) is 4.79 Å². The van der Waals surface area contributed by atoms with Gasteiger partial charge >= 0.3 is 5.97 Å². The maximum atomic E-state index is 12.6. The minimum atomic E-state index is -1.05. The molecule has 6 nitrogen and oxygen atoms in total. The monoisotopic (exact) mass is 330 g/mol. The zero-order valence-corrected chi connectivity index (χ0v) is 14.5. The Morgan fingerprint density at radius 2 is 1.88 bits per heavy atom. The first-order valence-electron chi connectivity index (χ1n) is 7.67. The van der Waals surface area contributed by atoms with Gasteiger partial charge in [-0.2, -0.15) is 0 Å². The molecule has 6 heteroatoms. The molecule has 24 heavy (non-hydrogen) atoms. The molecule has 0 aliphatic rings. The van der Waals surface area contributed by atoms with Crippen LogP contribution >= 0.6 is 0 Å². The van der Waals surface area contributed by atoms with Crippen LogP contribution in [0.25, 0.3) is 0 Å². The number of rotatable bonds is 5. The van der Waals surface area contributed by atoms with Gasteiger partial charge in [0.15, 0.2) is 0 Å². The van der Waals surface area contributed by atoms with Crippen LogP contribution in [0.2, 0.25) is 0 Å². The highest BCUT2D eigenvalue weighted by Crippen LogP contribution is 2.27. The average molecular weight is 330 g/mol. The number of anilines is 1. The van der Waals surface area contributed by atoms with Gasteiger partial charge < -0.3 is 19.7 Å². The van der Waals surface area contributed by atoms with Crippen molar-refractivity contribution in [1.82, 2.24) is 4.57 Å². The van der Waals surface area contributed by atoms with E-state index in [2.05, 4.69) is 23.7 Å². The number of benzene rings is 1. The van der Waals surface area contributed by atoms with Crippen LogP contribution in [0.3, 0.4) is 0 Å². The number of amides is 1. The standard InChI is InChI=1S/C18H22N2O4/c1-10(2)20-11(3)8-14(12(20)4)17(21)19-15-7-6-13(18(22)23)9-16(15)24-5/h6-10H,1-5H3,(H,19,21)(H,22,23). The van der Waals surface area contributed by atoms with Crippen molar-refractivity contribution >= 4 is 17.6 Å². The first kappa shape index (κ1) is 17.6. The van der Waals surface area contributed by atoms with E-state index in [1.165, 1.54) is 25.3 Å². The van der Waals surface area contributed by atoms with E-state index in [-0.39, 0.29) is 17.5 Å². The fourth-order valence-corrected chi connectivity index (χ4v) is 2.92. The van der Waals surface area contributed by atoms with Crippen molar-refractivity contribution in [2.45, 2.75) is 33.7 Å². The topological polar surface area (TPSA) is 80.6 Å². The summed E-state index contributed by atoms with van der Waals surface area (Å²) in [6.07, 6.45) is 0. The van der Waals surface area contributed by atoms with E-state index >= 15 is 0 Å². The molecule has 2 rings (SSSR count). The van der Waals surface area contributed by atoms with Crippen LogP contribution in [0.1, 0.15) is 52.0 Å². The molecule has 1 amide bonds. The van der Waals surface area contributed by atoms with Crippen LogP contribution in [-0.2, 0) is 0 Å². The van der Waals surface area contributed by atoms with E-state index in [1.807, 2.05) is 19.9 Å². The lowest BCUT2D eigenvalue weighted by atomic mass is 10.1. The first-order valence-corrected chi connectivity index (χ1v) is 7.67. The number of carboxylic acids is 1. The van der Waals surface area contributed by atoms with Crippen LogP contribution in [0, 0.1) is 13.8 Å². The molecule has 0 spiro atoms. The van der Waals surface area contributed by atoms with Gasteiger partial charge in [-0.05, 0) is 52.0 Å². The van der Waals surface area contributed by atoms with Crippen molar-refractivity contribution in [3.63, 3.8) is 0 Å². The second kappa shape index (κ2) is 6.78. The number of carboxylic acid groups (broad SMARTS) is 1. The normalized spacial score (nSPS) is 10.8. The SMILES string of the molecule is COc1cc(C(=O)O)ccc1NC(=O)c1cc(C)n(C(C)C)c1C. The molecule has 0 radical (unpaired) electrons. The average Bonchev–Trinajstić information content (AvgIpc) is 2.82. The van der Waals surface area contributed by atoms with Crippen molar-refractivity contribution in [2.24, 2.45) is 0 Å². The Bertz CT molecular complexity index is 791. The van der Waals surface area contributed by atoms with Crippen molar-refractivity contribution in [2.75, 3.05) is 12.4 Å². The van der Waals surface area contributed by atoms with E-state index in [0.717, 1.165) is 11.4 Å². The predicted octanol–water partition coefficient (Wildman–Crippen LogP) is 3.64. The quantitative estimate of drug-likeness (QED) is 0.877. The summed E-state index contributed by atoms with van der Waals surface area (Å²) in [5.41, 5.74) is 3.03. The lowest BCUT2D eigenvalue weighted by molar-refractivity contribution is 0.0696. The van der Waals surface area contributed by atoms with Gasteiger partial charge in [0.05, 0.1) is 23.9 Å². The number of nitrogens with zero attached hydrogens (tertiary/aromatic N) is 1. The van der Waals surface area contributed by atoms with E-state index < -0.39 is 5.97 Å². The molecule has 0 saturated heterocycles. The second-order valence-electron chi connectivity index (χ2n) is 5.92. The molecule has 0 bridgehead atoms. The van der Waals surface area contributed by atoms with E-state index in [9.17, 15) is 9.59 Å². The lowest BCUT2D eigenvalue weighted by Crippen LogP contribution is -2.14. The van der Waals surface area contributed by atoms with Gasteiger partial charge in [-0.3, -0.25) is 4.79 Å². The molecule has 0 saturated carbocycles. The zero-order chi connectivity index (χ0) is 18.0. The summed E-state index contributed by atoms with van der Waals surface area (Å²) < 4.78 is 7.28. The summed E-state index contributed by atoms with van der Waals surface area (Å²) in [5, 5.41) is 11.8. The van der Waals surface area contributed by atoms with Crippen LogP contribution < -0.4 is 10.1 Å². The summed E-state index contributed by atoms with van der Waals surface area (Å²) >= 11 is 0. The molecular weight excluding hydrogens is 308 g/mol. The van der Waals surface area contributed by atoms with E-state index in [0.29, 0.717) is 17.0 Å². The number of hydrogen-bond donors (Lipinski definition) is 2. The molecule has 0 unspecified atom stereocenters. The Morgan fingerprint density at radius 1 is 1.21 bits per heavy atom. The molecule has 1 heterocycles. The minimum absolute atomic E-state index is 0.0998. The molecule has 1 aromatic heterocycles. The van der Waals surface area contributed by atoms with Gasteiger partial charge in [0.25, 0.3) is 5.91 Å². The van der Waals surface area contributed by atoms with Crippen LogP contribution in [0.5, 0.6) is 5.75 Å². The molecule has 0 aliphatic carbocycles. The van der Waals surface area contributed by atoms with Gasteiger partial charge in [0, 0.05) is 17.4 Å². The number of methoxy groups -OCH3 is 1. The highest BCUT2D eigenvalue weighted by atomic mass is 16.5. The lowest BCUT2D eigenvalue weighted by Gasteiger charge is -2.14. The van der Waals surface area contributed by atoms with Gasteiger partial charge in [0.1, 0.15) is 5.75 Å². The van der Waals surface area contributed by atoms with Gasteiger partial charge in [-0.1, -0.05) is 0 Å². The van der Waals surface area contributed by atoms with Crippen LogP contribution in [0.15, 0.2) is 24.3 Å². The Labute approximate surface area is 141 Å². The molecule has 2 N–H and O–H groups in total. The number of carbonyl (C=O) groups is 2. The van der Waals surface area contributed by atoms with Crippen molar-refractivity contribution < 1.29 is 19.4 Å². The summed E-state index contributed by atoms with van der Waals surface area (Å²) in [7, 11) is 1.43. The third-order valence-corrected chi connectivity index (χ3v) is 3.94. The second-order valence-corrected chi connectivity index (χ2v) is 5.92. The first-order chi connectivity index (χ1) is 11.3. The number of ether oxygens (including phenoxy) is 1. The fraction of sp³-hybridized carbons (Fsp3) is 0.333. The summed E-state index contributed by atoms with van der Waals surface area (Å²) in [5.74, 6) is -0.996. The van der Waals surface area contributed by atoms with Crippen LogP contribution in [-0.4, -0.2) is 28.7 Å². The molecular formula is C18H22N2O4. The smallest absolute Gasteiger partial charge is 0.335 e. The summed E-state index contributed by atoms with van der Waals surface area (Å²) in [4.78, 5) is 23.6. The molecule has 0 atom stereocenters. The molecule has 1 aromatic carbocycles. The number of aromatic nitrogens is 1. The number of hydrogen-bond acceptors (Lipinski definition) is 3. The van der Waals surface area contributed by atoms with Crippen molar-refractivity contribution in [1.29, 1.82) is 0 Å². The highest BCUT2D eigenvalue weighted by Gasteiger charge is 2.19. The molecule has 2 aromatic rings. The van der Waals surface area contributed by atoms with Crippen molar-refractivity contribution in [3.8, 4) is 5.75 Å². The number of aryl methyl sites for hydroxylation is 1. The molecule has 0 aliphatic heterocycles. The third kappa shape index (κ3) is 3.27. The van der Waals surface area contributed by atoms with Gasteiger partial charge in [-0.15, -0.1) is 0 Å².